The van der Waals surface area contributed by atoms with Crippen LogP contribution in [0.4, 0.5) is 0 Å². The van der Waals surface area contributed by atoms with E-state index in [1.807, 2.05) is 0 Å². The average Bonchev–Trinajstić information content (AvgIpc) is 2.42. The van der Waals surface area contributed by atoms with Crippen molar-refractivity contribution >= 4 is 75.8 Å². The standard InChI is InChI=1S/C52H34O/c1-2-15-38-32-48-46(31-37(38)14-1)52-45(24-11-25-47(52)53-48)51-43-22-7-5-20-41(43)50(42-21-6-8-23-44(42)51)39-18-9-12-33(30-39)26-27-35-16-10-17-36-29-28-34-13-3-4-19-40(34)49(35)36/h1-25,28-32H,26-27H2/i1D,2D,3D,4D,5D,6D,7D,8D,9D,10D,11D,12D,13D,14D,15D,16D,17D,18D,19D,20D,21D,22D,23D,24D,25D,28D,29D,30D,31D,32D. The highest BCUT2D eigenvalue weighted by Gasteiger charge is 2.20. The summed E-state index contributed by atoms with van der Waals surface area (Å²) in [4.78, 5) is 0. The van der Waals surface area contributed by atoms with E-state index < -0.39 is 287 Å². The molecule has 0 N–H and O–H groups in total. The lowest BCUT2D eigenvalue weighted by atomic mass is 9.84. The van der Waals surface area contributed by atoms with Gasteiger partial charge in [-0.25, -0.2) is 0 Å². The van der Waals surface area contributed by atoms with Crippen molar-refractivity contribution in [3.05, 3.63) is 192 Å². The van der Waals surface area contributed by atoms with E-state index in [2.05, 4.69) is 0 Å². The molecule has 0 saturated carbocycles. The number of aryl methyl sites for hydroxylation is 1. The predicted molar refractivity (Wildman–Crippen MR) is 226 cm³/mol. The molecule has 53 heavy (non-hydrogen) atoms. The second-order valence-corrected chi connectivity index (χ2v) is 12.0. The van der Waals surface area contributed by atoms with Crippen molar-refractivity contribution in [2.75, 3.05) is 0 Å². The number of rotatable bonds is 5. The Labute approximate surface area is 349 Å². The second kappa shape index (κ2) is 11.9. The van der Waals surface area contributed by atoms with Crippen LogP contribution in [0.25, 0.3) is 98.1 Å². The zero-order valence-electron chi connectivity index (χ0n) is 56.8. The SMILES string of the molecule is [2H]c1c([2H])c(CCc2c([2H])c([2H])c([2H])c3c([2H])c([2H])c4c([2H])c([2H])c([2H])c([2H])c4c23)c([2H])c(-c2c3c([2H])c([2H])c([2H])c([2H])c3c(-c3c([2H])c([2H])c([2H])c4oc5c([2H])c6c([2H])c([2H])c([2H])c([2H])c6c([2H])c5c34)c3c([2H])c([2H])c([2H])c([2H])c23)c1[2H]. The Morgan fingerprint density at radius 3 is 1.75 bits per heavy atom. The molecule has 0 unspecified atom stereocenters. The summed E-state index contributed by atoms with van der Waals surface area (Å²) in [6, 6.07) is -25.5. The van der Waals surface area contributed by atoms with Crippen LogP contribution in [0.3, 0.4) is 0 Å². The quantitative estimate of drug-likeness (QED) is 0.128. The molecule has 0 bridgehead atoms. The maximum Gasteiger partial charge on any atom is 0.136 e. The fourth-order valence-electron chi connectivity index (χ4n) is 6.83. The summed E-state index contributed by atoms with van der Waals surface area (Å²) in [6.07, 6.45) is -1.20. The number of hydrogen-bond donors (Lipinski definition) is 0. The van der Waals surface area contributed by atoms with Crippen molar-refractivity contribution in [2.45, 2.75) is 12.8 Å². The van der Waals surface area contributed by atoms with Gasteiger partial charge < -0.3 is 4.42 Å². The normalized spacial score (nSPS) is 19.8. The van der Waals surface area contributed by atoms with E-state index in [4.69, 9.17) is 30.5 Å². The van der Waals surface area contributed by atoms with Crippen LogP contribution in [0.5, 0.6) is 0 Å². The first-order chi connectivity index (χ1) is 38.8. The Morgan fingerprint density at radius 1 is 0.377 bits per heavy atom. The number of fused-ring (bicyclic) bond motifs is 9. The van der Waals surface area contributed by atoms with Gasteiger partial charge in [0.2, 0.25) is 0 Å². The van der Waals surface area contributed by atoms with Crippen LogP contribution in [0, 0.1) is 0 Å². The lowest BCUT2D eigenvalue weighted by Gasteiger charge is -2.18. The average molecular weight is 705 g/mol. The summed E-state index contributed by atoms with van der Waals surface area (Å²) in [5.41, 5.74) is -4.79. The van der Waals surface area contributed by atoms with Gasteiger partial charge >= 0.3 is 0 Å². The first-order valence-electron chi connectivity index (χ1n) is 31.1. The van der Waals surface area contributed by atoms with E-state index in [-0.39, 0.29) is 16.3 Å². The smallest absolute Gasteiger partial charge is 0.136 e. The monoisotopic (exact) mass is 704 g/mol. The van der Waals surface area contributed by atoms with E-state index in [0.29, 0.717) is 0 Å². The van der Waals surface area contributed by atoms with Crippen molar-refractivity contribution in [3.63, 3.8) is 0 Å². The van der Waals surface area contributed by atoms with Crippen LogP contribution in [0.1, 0.15) is 52.2 Å². The molecule has 0 aliphatic carbocycles. The molecule has 0 amide bonds. The summed E-state index contributed by atoms with van der Waals surface area (Å²) in [7, 11) is 0. The van der Waals surface area contributed by atoms with Crippen LogP contribution in [0.15, 0.2) is 186 Å². The first kappa shape index (κ1) is 12.8. The van der Waals surface area contributed by atoms with Gasteiger partial charge in [0, 0.05) is 10.8 Å². The summed E-state index contributed by atoms with van der Waals surface area (Å²) in [5.74, 6) is 0. The molecule has 0 aliphatic heterocycles. The maximum absolute atomic E-state index is 9.91. The molecule has 248 valence electrons. The minimum atomic E-state index is -0.995. The second-order valence-electron chi connectivity index (χ2n) is 12.0. The lowest BCUT2D eigenvalue weighted by molar-refractivity contribution is 0.669. The zero-order chi connectivity index (χ0) is 61.0. The van der Waals surface area contributed by atoms with Gasteiger partial charge in [-0.05, 0) is 118 Å². The minimum absolute atomic E-state index is 0.256. The number of hydrogen-bond acceptors (Lipinski definition) is 1. The summed E-state index contributed by atoms with van der Waals surface area (Å²) >= 11 is 0. The molecular formula is C52H34O. The summed E-state index contributed by atoms with van der Waals surface area (Å²) in [6.45, 7) is 0. The van der Waals surface area contributed by atoms with Gasteiger partial charge in [0.1, 0.15) is 11.2 Å². The molecule has 0 aliphatic rings. The third-order valence-corrected chi connectivity index (χ3v) is 9.08. The largest absolute Gasteiger partial charge is 0.456 e. The van der Waals surface area contributed by atoms with Gasteiger partial charge in [-0.3, -0.25) is 0 Å². The molecule has 11 aromatic rings. The van der Waals surface area contributed by atoms with Crippen molar-refractivity contribution < 1.29 is 45.5 Å². The van der Waals surface area contributed by atoms with E-state index in [1.54, 1.807) is 0 Å². The Morgan fingerprint density at radius 2 is 0.981 bits per heavy atom. The highest BCUT2D eigenvalue weighted by Crippen LogP contribution is 2.47. The van der Waals surface area contributed by atoms with Crippen molar-refractivity contribution in [2.24, 2.45) is 0 Å². The minimum Gasteiger partial charge on any atom is -0.456 e. The molecule has 1 heterocycles. The first-order valence-corrected chi connectivity index (χ1v) is 16.1. The van der Waals surface area contributed by atoms with Crippen molar-refractivity contribution in [1.82, 2.24) is 0 Å². The molecule has 0 atom stereocenters. The van der Waals surface area contributed by atoms with Crippen LogP contribution in [-0.2, 0) is 12.8 Å². The van der Waals surface area contributed by atoms with Gasteiger partial charge in [-0.1, -0.05) is 163 Å². The third-order valence-electron chi connectivity index (χ3n) is 9.08. The van der Waals surface area contributed by atoms with Gasteiger partial charge in [-0.2, -0.15) is 0 Å². The van der Waals surface area contributed by atoms with E-state index in [0.717, 1.165) is 0 Å². The van der Waals surface area contributed by atoms with Gasteiger partial charge in [0.25, 0.3) is 0 Å². The topological polar surface area (TPSA) is 13.1 Å². The highest BCUT2D eigenvalue weighted by molar-refractivity contribution is 6.26. The van der Waals surface area contributed by atoms with Crippen LogP contribution < -0.4 is 0 Å². The fourth-order valence-corrected chi connectivity index (χ4v) is 6.83. The molecule has 0 spiro atoms. The van der Waals surface area contributed by atoms with Crippen molar-refractivity contribution in [3.8, 4) is 22.3 Å². The highest BCUT2D eigenvalue weighted by atomic mass is 16.3. The Hall–Kier alpha value is -6.70. The zero-order valence-corrected chi connectivity index (χ0v) is 26.8. The molecule has 0 radical (unpaired) electrons. The number of furan rings is 1. The lowest BCUT2D eigenvalue weighted by Crippen LogP contribution is -1.95. The molecule has 1 aromatic heterocycles. The molecule has 1 nitrogen and oxygen atoms in total. The molecule has 0 saturated heterocycles. The van der Waals surface area contributed by atoms with Crippen molar-refractivity contribution in [1.29, 1.82) is 0 Å². The van der Waals surface area contributed by atoms with Gasteiger partial charge in [0.05, 0.1) is 41.1 Å². The Bertz CT molecular complexity index is 4890. The summed E-state index contributed by atoms with van der Waals surface area (Å²) in [5, 5.41) is -6.47. The van der Waals surface area contributed by atoms with E-state index in [1.165, 1.54) is 0 Å². The van der Waals surface area contributed by atoms with E-state index >= 15 is 0 Å². The molecule has 0 fully saturated rings. The predicted octanol–water partition coefficient (Wildman–Crippen LogP) is 14.5. The van der Waals surface area contributed by atoms with Gasteiger partial charge in [-0.15, -0.1) is 0 Å². The Balaban J connectivity index is 1.32. The van der Waals surface area contributed by atoms with E-state index in [9.17, 15) is 15.1 Å². The maximum atomic E-state index is 9.91. The fraction of sp³-hybridized carbons (Fsp3) is 0.0385. The van der Waals surface area contributed by atoms with Crippen LogP contribution in [0.2, 0.25) is 0 Å². The molecule has 10 aromatic carbocycles. The molecule has 1 heteroatoms. The third kappa shape index (κ3) is 4.78. The molecule has 11 rings (SSSR count). The van der Waals surface area contributed by atoms with Crippen LogP contribution >= 0.6 is 0 Å². The van der Waals surface area contributed by atoms with Crippen LogP contribution in [-0.4, -0.2) is 0 Å². The Kier molecular flexibility index (Phi) is 2.87. The molecular weight excluding hydrogens is 641 g/mol. The number of benzene rings is 10. The van der Waals surface area contributed by atoms with Gasteiger partial charge in [0.15, 0.2) is 0 Å². The summed E-state index contributed by atoms with van der Waals surface area (Å²) < 4.78 is 278.